The number of amides is 2. The minimum atomic E-state index is -0.984. The molecule has 0 saturated carbocycles. The third-order valence-electron chi connectivity index (χ3n) is 5.84. The number of benzene rings is 3. The number of phenols is 1. The summed E-state index contributed by atoms with van der Waals surface area (Å²) in [5, 5.41) is 12.3. The number of rotatable bonds is 5. The molecule has 168 valence electrons. The molecule has 0 bridgehead atoms. The fourth-order valence-corrected chi connectivity index (χ4v) is 4.51. The van der Waals surface area contributed by atoms with Crippen LogP contribution in [0.25, 0.3) is 0 Å². The van der Waals surface area contributed by atoms with Crippen LogP contribution in [0.2, 0.25) is 5.02 Å². The minimum absolute atomic E-state index is 0.000980. The highest BCUT2D eigenvalue weighted by atomic mass is 35.5. The largest absolute Gasteiger partial charge is 0.504 e. The highest BCUT2D eigenvalue weighted by Gasteiger charge is 2.60. The molecular formula is C25H21ClN2O5. The SMILES string of the molecule is CCOc1cc([C@@H]2[C@H]3C(=O)N(c4ccc(Cl)cc4)C(=O)[C@@H]3ON2c2ccccc2)ccc1O. The lowest BCUT2D eigenvalue weighted by Crippen LogP contribution is -2.37. The molecule has 0 aliphatic carbocycles. The number of aromatic hydroxyl groups is 1. The Morgan fingerprint density at radius 3 is 2.39 bits per heavy atom. The van der Waals surface area contributed by atoms with Crippen molar-refractivity contribution < 1.29 is 24.3 Å². The number of carbonyl (C=O) groups is 2. The molecule has 2 fully saturated rings. The summed E-state index contributed by atoms with van der Waals surface area (Å²) < 4.78 is 5.55. The number of halogens is 1. The highest BCUT2D eigenvalue weighted by molar-refractivity contribution is 6.31. The van der Waals surface area contributed by atoms with Gasteiger partial charge in [0, 0.05) is 5.02 Å². The summed E-state index contributed by atoms with van der Waals surface area (Å²) in [5.74, 6) is -1.27. The maximum Gasteiger partial charge on any atom is 0.266 e. The van der Waals surface area contributed by atoms with Crippen LogP contribution in [0, 0.1) is 5.92 Å². The fraction of sp³-hybridized carbons (Fsp3) is 0.200. The van der Waals surface area contributed by atoms with Crippen molar-refractivity contribution in [3.63, 3.8) is 0 Å². The molecular weight excluding hydrogens is 444 g/mol. The summed E-state index contributed by atoms with van der Waals surface area (Å²) in [6.45, 7) is 2.19. The number of imide groups is 1. The summed E-state index contributed by atoms with van der Waals surface area (Å²) in [6.07, 6.45) is -0.984. The lowest BCUT2D eigenvalue weighted by molar-refractivity contribution is -0.126. The first-order chi connectivity index (χ1) is 16.0. The van der Waals surface area contributed by atoms with Crippen molar-refractivity contribution in [1.29, 1.82) is 0 Å². The van der Waals surface area contributed by atoms with E-state index in [0.717, 1.165) is 4.90 Å². The van der Waals surface area contributed by atoms with Gasteiger partial charge in [0.25, 0.3) is 5.91 Å². The zero-order valence-corrected chi connectivity index (χ0v) is 18.5. The molecule has 2 amide bonds. The standard InChI is InChI=1S/C25H21ClN2O5/c1-2-32-20-14-15(8-13-19(20)29)22-21-23(33-28(22)18-6-4-3-5-7-18)25(31)27(24(21)30)17-11-9-16(26)10-12-17/h3-14,21-23,29H,2H2,1H3/t21-,22-,23-/m1/s1. The molecule has 2 heterocycles. The van der Waals surface area contributed by atoms with Crippen molar-refractivity contribution in [3.8, 4) is 11.5 Å². The molecule has 33 heavy (non-hydrogen) atoms. The molecule has 8 heteroatoms. The summed E-state index contributed by atoms with van der Waals surface area (Å²) in [4.78, 5) is 34.2. The normalized spacial score (nSPS) is 22.1. The van der Waals surface area contributed by atoms with Gasteiger partial charge in [-0.2, -0.15) is 0 Å². The molecule has 0 unspecified atom stereocenters. The number of para-hydroxylation sites is 1. The van der Waals surface area contributed by atoms with Gasteiger partial charge in [-0.25, -0.2) is 9.96 Å². The predicted molar refractivity (Wildman–Crippen MR) is 123 cm³/mol. The smallest absolute Gasteiger partial charge is 0.266 e. The maximum atomic E-state index is 13.6. The summed E-state index contributed by atoms with van der Waals surface area (Å²) in [5.41, 5.74) is 1.84. The molecule has 3 aromatic carbocycles. The molecule has 2 saturated heterocycles. The van der Waals surface area contributed by atoms with Crippen molar-refractivity contribution in [2.45, 2.75) is 19.1 Å². The number of hydroxylamine groups is 1. The van der Waals surface area contributed by atoms with Crippen molar-refractivity contribution >= 4 is 34.8 Å². The number of ether oxygens (including phenoxy) is 1. The number of hydrogen-bond donors (Lipinski definition) is 1. The molecule has 0 radical (unpaired) electrons. The summed E-state index contributed by atoms with van der Waals surface area (Å²) in [6, 6.07) is 20.2. The number of nitrogens with zero attached hydrogens (tertiary/aromatic N) is 2. The monoisotopic (exact) mass is 464 g/mol. The van der Waals surface area contributed by atoms with Gasteiger partial charge in [-0.3, -0.25) is 14.4 Å². The van der Waals surface area contributed by atoms with Gasteiger partial charge in [0.1, 0.15) is 5.92 Å². The Morgan fingerprint density at radius 2 is 1.70 bits per heavy atom. The number of carbonyl (C=O) groups excluding carboxylic acids is 2. The zero-order valence-electron chi connectivity index (χ0n) is 17.7. The zero-order chi connectivity index (χ0) is 23.1. The van der Waals surface area contributed by atoms with Gasteiger partial charge < -0.3 is 9.84 Å². The molecule has 5 rings (SSSR count). The average Bonchev–Trinajstić information content (AvgIpc) is 3.33. The Kier molecular flexibility index (Phi) is 5.44. The molecule has 2 aliphatic heterocycles. The van der Waals surface area contributed by atoms with Crippen LogP contribution in [0.5, 0.6) is 11.5 Å². The number of hydrogen-bond acceptors (Lipinski definition) is 6. The Balaban J connectivity index is 1.59. The first-order valence-electron chi connectivity index (χ1n) is 10.6. The summed E-state index contributed by atoms with van der Waals surface area (Å²) >= 11 is 5.98. The van der Waals surface area contributed by atoms with E-state index < -0.39 is 24.0 Å². The molecule has 1 N–H and O–H groups in total. The molecule has 2 aliphatic rings. The second-order valence-corrected chi connectivity index (χ2v) is 8.24. The third-order valence-corrected chi connectivity index (χ3v) is 6.09. The molecule has 7 nitrogen and oxygen atoms in total. The minimum Gasteiger partial charge on any atom is -0.504 e. The van der Waals surface area contributed by atoms with Gasteiger partial charge in [-0.15, -0.1) is 0 Å². The van der Waals surface area contributed by atoms with Crippen LogP contribution in [-0.4, -0.2) is 29.6 Å². The maximum absolute atomic E-state index is 13.6. The number of fused-ring (bicyclic) bond motifs is 1. The fourth-order valence-electron chi connectivity index (χ4n) is 4.38. The van der Waals surface area contributed by atoms with Crippen LogP contribution >= 0.6 is 11.6 Å². The van der Waals surface area contributed by atoms with Crippen LogP contribution in [0.15, 0.2) is 72.8 Å². The van der Waals surface area contributed by atoms with Gasteiger partial charge in [0.15, 0.2) is 17.6 Å². The second-order valence-electron chi connectivity index (χ2n) is 7.81. The van der Waals surface area contributed by atoms with E-state index in [2.05, 4.69) is 0 Å². The lowest BCUT2D eigenvalue weighted by Gasteiger charge is -2.29. The van der Waals surface area contributed by atoms with E-state index >= 15 is 0 Å². The molecule has 3 atom stereocenters. The van der Waals surface area contributed by atoms with Gasteiger partial charge in [0.05, 0.1) is 24.0 Å². The van der Waals surface area contributed by atoms with Crippen LogP contribution in [0.3, 0.4) is 0 Å². The van der Waals surface area contributed by atoms with Crippen LogP contribution < -0.4 is 14.7 Å². The Bertz CT molecular complexity index is 1200. The van der Waals surface area contributed by atoms with E-state index in [4.69, 9.17) is 21.2 Å². The van der Waals surface area contributed by atoms with Crippen LogP contribution in [0.1, 0.15) is 18.5 Å². The molecule has 0 aromatic heterocycles. The second kappa shape index (κ2) is 8.42. The van der Waals surface area contributed by atoms with E-state index in [1.807, 2.05) is 37.3 Å². The van der Waals surface area contributed by atoms with Crippen molar-refractivity contribution in [2.75, 3.05) is 16.6 Å². The van der Waals surface area contributed by atoms with Gasteiger partial charge in [0.2, 0.25) is 5.91 Å². The van der Waals surface area contributed by atoms with Crippen molar-refractivity contribution in [2.24, 2.45) is 5.92 Å². The van der Waals surface area contributed by atoms with Gasteiger partial charge in [-0.05, 0) is 61.0 Å². The van der Waals surface area contributed by atoms with Crippen molar-refractivity contribution in [3.05, 3.63) is 83.4 Å². The molecule has 3 aromatic rings. The predicted octanol–water partition coefficient (Wildman–Crippen LogP) is 4.50. The first-order valence-corrected chi connectivity index (χ1v) is 11.0. The van der Waals surface area contributed by atoms with Crippen molar-refractivity contribution in [1.82, 2.24) is 0 Å². The number of anilines is 2. The highest BCUT2D eigenvalue weighted by Crippen LogP contribution is 2.48. The van der Waals surface area contributed by atoms with Crippen LogP contribution in [-0.2, 0) is 14.4 Å². The first kappa shape index (κ1) is 21.3. The topological polar surface area (TPSA) is 79.3 Å². The Labute approximate surface area is 195 Å². The van der Waals surface area contributed by atoms with E-state index in [1.54, 1.807) is 41.5 Å². The Morgan fingerprint density at radius 1 is 0.970 bits per heavy atom. The Hall–Kier alpha value is -3.55. The van der Waals surface area contributed by atoms with Crippen LogP contribution in [0.4, 0.5) is 11.4 Å². The van der Waals surface area contributed by atoms with Gasteiger partial charge >= 0.3 is 0 Å². The van der Waals surface area contributed by atoms with E-state index in [9.17, 15) is 14.7 Å². The number of phenolic OH excluding ortho intramolecular Hbond substituents is 1. The quantitative estimate of drug-likeness (QED) is 0.560. The van der Waals surface area contributed by atoms with E-state index in [1.165, 1.54) is 6.07 Å². The summed E-state index contributed by atoms with van der Waals surface area (Å²) in [7, 11) is 0. The average molecular weight is 465 g/mol. The van der Waals surface area contributed by atoms with Gasteiger partial charge in [-0.1, -0.05) is 35.9 Å². The van der Waals surface area contributed by atoms with E-state index in [-0.39, 0.29) is 11.7 Å². The lowest BCUT2D eigenvalue weighted by atomic mass is 9.90. The third kappa shape index (κ3) is 3.59. The molecule has 0 spiro atoms. The van der Waals surface area contributed by atoms with E-state index in [0.29, 0.717) is 34.3 Å².